The number of carbonyl (C=O) groups is 3. The number of methoxy groups -OCH3 is 2. The SMILES string of the molecule is C=C1C[C@H]2C=Nc3cc(OCCCCCOc4cc5c(cc4OC)C(=O)N4CC(=C)C[C@H]4[C@H](O)N5C(=O)OCC(C)(C)SC)c(OC)cc3C(=O)N2C1. The Kier molecular flexibility index (Phi) is 11.3. The van der Waals surface area contributed by atoms with Crippen molar-refractivity contribution < 1.29 is 43.2 Å². The number of hydrogen-bond acceptors (Lipinski definition) is 11. The summed E-state index contributed by atoms with van der Waals surface area (Å²) in [5, 5.41) is 11.6. The van der Waals surface area contributed by atoms with E-state index >= 15 is 0 Å². The van der Waals surface area contributed by atoms with Crippen LogP contribution in [0.2, 0.25) is 0 Å². The first kappa shape index (κ1) is 38.0. The fourth-order valence-corrected chi connectivity index (χ4v) is 7.08. The Bertz CT molecular complexity index is 1830. The van der Waals surface area contributed by atoms with Crippen molar-refractivity contribution in [2.75, 3.05) is 58.3 Å². The number of fused-ring (bicyclic) bond motifs is 4. The third-order valence-corrected chi connectivity index (χ3v) is 11.2. The number of thioether (sulfide) groups is 1. The first-order valence-electron chi connectivity index (χ1n) is 17.7. The number of aliphatic hydroxyl groups excluding tert-OH is 1. The maximum absolute atomic E-state index is 13.8. The smallest absolute Gasteiger partial charge is 0.416 e. The van der Waals surface area contributed by atoms with Crippen molar-refractivity contribution >= 4 is 47.3 Å². The topological polar surface area (TPSA) is 140 Å². The lowest BCUT2D eigenvalue weighted by Crippen LogP contribution is -2.51. The highest BCUT2D eigenvalue weighted by atomic mass is 32.2. The van der Waals surface area contributed by atoms with Crippen molar-refractivity contribution in [2.45, 2.75) is 69.0 Å². The Morgan fingerprint density at radius 2 is 1.49 bits per heavy atom. The molecule has 0 saturated carbocycles. The van der Waals surface area contributed by atoms with E-state index in [1.54, 1.807) is 59.2 Å². The van der Waals surface area contributed by atoms with Crippen molar-refractivity contribution in [3.8, 4) is 23.0 Å². The number of ether oxygens (including phenoxy) is 5. The number of anilines is 1. The second-order valence-corrected chi connectivity index (χ2v) is 15.8. The zero-order valence-corrected chi connectivity index (χ0v) is 31.8. The van der Waals surface area contributed by atoms with Gasteiger partial charge in [0.25, 0.3) is 11.8 Å². The van der Waals surface area contributed by atoms with Crippen LogP contribution in [0.4, 0.5) is 16.2 Å². The number of hydrogen-bond donors (Lipinski definition) is 1. The summed E-state index contributed by atoms with van der Waals surface area (Å²) in [6, 6.07) is 5.77. The van der Waals surface area contributed by atoms with Crippen LogP contribution in [-0.4, -0.2) is 115 Å². The van der Waals surface area contributed by atoms with Crippen LogP contribution >= 0.6 is 11.8 Å². The van der Waals surface area contributed by atoms with E-state index in [0.717, 1.165) is 22.5 Å². The summed E-state index contributed by atoms with van der Waals surface area (Å²) in [7, 11) is 3.02. The molecule has 284 valence electrons. The minimum atomic E-state index is -1.37. The van der Waals surface area contributed by atoms with E-state index in [4.69, 9.17) is 23.7 Å². The average Bonchev–Trinajstić information content (AvgIpc) is 3.68. The van der Waals surface area contributed by atoms with Crippen molar-refractivity contribution in [3.05, 3.63) is 59.7 Å². The predicted octanol–water partition coefficient (Wildman–Crippen LogP) is 6.01. The Labute approximate surface area is 314 Å². The minimum Gasteiger partial charge on any atom is -0.493 e. The predicted molar refractivity (Wildman–Crippen MR) is 204 cm³/mol. The van der Waals surface area contributed by atoms with Gasteiger partial charge in [-0.3, -0.25) is 14.6 Å². The number of benzene rings is 2. The molecular weight excluding hydrogens is 701 g/mol. The van der Waals surface area contributed by atoms with Gasteiger partial charge in [0.1, 0.15) is 6.61 Å². The summed E-state index contributed by atoms with van der Waals surface area (Å²) in [6.07, 6.45) is 4.80. The van der Waals surface area contributed by atoms with E-state index in [1.807, 2.05) is 20.1 Å². The molecule has 2 saturated heterocycles. The maximum Gasteiger partial charge on any atom is 0.416 e. The van der Waals surface area contributed by atoms with Crippen LogP contribution in [-0.2, 0) is 4.74 Å². The molecule has 14 heteroatoms. The highest BCUT2D eigenvalue weighted by Gasteiger charge is 2.46. The fourth-order valence-electron chi connectivity index (χ4n) is 6.90. The van der Waals surface area contributed by atoms with Gasteiger partial charge in [-0.1, -0.05) is 24.3 Å². The second-order valence-electron chi connectivity index (χ2n) is 14.3. The number of amides is 3. The standard InChI is InChI=1S/C39H48N4O9S/c1-23-13-25-19-40-28-17-33(31(48-5)15-26(28)35(44)41(25)20-23)50-11-9-8-10-12-51-34-18-29-27(16-32(34)49-6)36(45)42-21-24(2)14-30(42)37(46)43(29)38(47)52-22-39(3,4)53-7/h15-19,25,30,37,46H,1-2,8-14,20-22H2,3-7H3/t25-,30-,37-/m0/s1. The number of carbonyl (C=O) groups excluding carboxylic acids is 3. The summed E-state index contributed by atoms with van der Waals surface area (Å²) >= 11 is 1.55. The molecule has 0 bridgehead atoms. The number of nitrogens with zero attached hydrogens (tertiary/aromatic N) is 4. The van der Waals surface area contributed by atoms with Crippen LogP contribution in [0, 0.1) is 0 Å². The Hall–Kier alpha value is -4.69. The molecule has 1 N–H and O–H groups in total. The summed E-state index contributed by atoms with van der Waals surface area (Å²) in [5.41, 5.74) is 3.19. The van der Waals surface area contributed by atoms with Gasteiger partial charge in [-0.2, -0.15) is 11.8 Å². The van der Waals surface area contributed by atoms with Gasteiger partial charge in [0, 0.05) is 36.2 Å². The molecule has 4 heterocycles. The molecule has 0 spiro atoms. The molecule has 2 aromatic rings. The number of aliphatic hydroxyl groups is 1. The maximum atomic E-state index is 13.8. The monoisotopic (exact) mass is 748 g/mol. The third kappa shape index (κ3) is 7.84. The summed E-state index contributed by atoms with van der Waals surface area (Å²) in [4.78, 5) is 49.8. The van der Waals surface area contributed by atoms with Gasteiger partial charge in [-0.05, 0) is 64.3 Å². The van der Waals surface area contributed by atoms with Crippen LogP contribution in [0.25, 0.3) is 0 Å². The minimum absolute atomic E-state index is 0.101. The van der Waals surface area contributed by atoms with Crippen LogP contribution < -0.4 is 23.8 Å². The Morgan fingerprint density at radius 3 is 2.15 bits per heavy atom. The Morgan fingerprint density at radius 1 is 0.887 bits per heavy atom. The molecular formula is C39H48N4O9S. The molecule has 6 rings (SSSR count). The fraction of sp³-hybridized carbons (Fsp3) is 0.487. The van der Waals surface area contributed by atoms with E-state index in [9.17, 15) is 19.5 Å². The van der Waals surface area contributed by atoms with Gasteiger partial charge in [0.15, 0.2) is 29.2 Å². The lowest BCUT2D eigenvalue weighted by molar-refractivity contribution is 0.0486. The van der Waals surface area contributed by atoms with Crippen LogP contribution in [0.3, 0.4) is 0 Å². The zero-order valence-electron chi connectivity index (χ0n) is 31.0. The van der Waals surface area contributed by atoms with E-state index in [2.05, 4.69) is 18.2 Å². The molecule has 13 nitrogen and oxygen atoms in total. The largest absolute Gasteiger partial charge is 0.493 e. The number of unbranched alkanes of at least 4 members (excludes halogenated alkanes) is 2. The van der Waals surface area contributed by atoms with E-state index in [1.165, 1.54) is 7.11 Å². The highest BCUT2D eigenvalue weighted by Crippen LogP contribution is 2.43. The van der Waals surface area contributed by atoms with Gasteiger partial charge < -0.3 is 38.6 Å². The lowest BCUT2D eigenvalue weighted by Gasteiger charge is -2.32. The zero-order chi connectivity index (χ0) is 38.0. The number of rotatable bonds is 13. The summed E-state index contributed by atoms with van der Waals surface area (Å²) in [5.74, 6) is 1.17. The van der Waals surface area contributed by atoms with Crippen molar-refractivity contribution in [2.24, 2.45) is 4.99 Å². The molecule has 53 heavy (non-hydrogen) atoms. The van der Waals surface area contributed by atoms with E-state index < -0.39 is 18.4 Å². The third-order valence-electron chi connectivity index (χ3n) is 9.98. The first-order chi connectivity index (χ1) is 25.3. The van der Waals surface area contributed by atoms with Gasteiger partial charge in [-0.25, -0.2) is 9.69 Å². The molecule has 4 aliphatic rings. The molecule has 0 radical (unpaired) electrons. The quantitative estimate of drug-likeness (QED) is 0.192. The molecule has 2 aromatic carbocycles. The summed E-state index contributed by atoms with van der Waals surface area (Å²) < 4.78 is 28.8. The van der Waals surface area contributed by atoms with Gasteiger partial charge in [-0.15, -0.1) is 0 Å². The van der Waals surface area contributed by atoms with Crippen molar-refractivity contribution in [1.82, 2.24) is 9.80 Å². The number of aliphatic imine (C=N–C) groups is 1. The molecule has 3 atom stereocenters. The first-order valence-corrected chi connectivity index (χ1v) is 19.0. The lowest BCUT2D eigenvalue weighted by atomic mass is 10.1. The average molecular weight is 749 g/mol. The van der Waals surface area contributed by atoms with Gasteiger partial charge >= 0.3 is 6.09 Å². The van der Waals surface area contributed by atoms with Crippen LogP contribution in [0.5, 0.6) is 23.0 Å². The molecule has 0 aliphatic carbocycles. The second kappa shape index (κ2) is 15.7. The molecule has 2 fully saturated rings. The normalized spacial score (nSPS) is 20.7. The molecule has 3 amide bonds. The van der Waals surface area contributed by atoms with Crippen LogP contribution in [0.1, 0.15) is 66.7 Å². The molecule has 0 unspecified atom stereocenters. The van der Waals surface area contributed by atoms with Gasteiger partial charge in [0.05, 0.1) is 62.0 Å². The van der Waals surface area contributed by atoms with Crippen molar-refractivity contribution in [1.29, 1.82) is 0 Å². The van der Waals surface area contributed by atoms with E-state index in [-0.39, 0.29) is 47.0 Å². The molecule has 0 aromatic heterocycles. The highest BCUT2D eigenvalue weighted by molar-refractivity contribution is 7.99. The summed E-state index contributed by atoms with van der Waals surface area (Å²) in [6.45, 7) is 13.6. The molecule has 4 aliphatic heterocycles. The van der Waals surface area contributed by atoms with Gasteiger partial charge in [0.2, 0.25) is 0 Å². The van der Waals surface area contributed by atoms with E-state index in [0.29, 0.717) is 79.7 Å². The Balaban J connectivity index is 1.10. The van der Waals surface area contributed by atoms with Crippen LogP contribution in [0.15, 0.2) is 53.6 Å². The van der Waals surface area contributed by atoms with Crippen molar-refractivity contribution in [3.63, 3.8) is 0 Å².